The fourth-order valence-electron chi connectivity index (χ4n) is 1.95. The summed E-state index contributed by atoms with van der Waals surface area (Å²) < 4.78 is 0. The number of likely N-dealkylation sites (tertiary alicyclic amines) is 1. The van der Waals surface area contributed by atoms with E-state index < -0.39 is 0 Å². The van der Waals surface area contributed by atoms with Crippen LogP contribution in [0, 0.1) is 0 Å². The van der Waals surface area contributed by atoms with Gasteiger partial charge < -0.3 is 4.90 Å². The third-order valence-corrected chi connectivity index (χ3v) is 3.30. The van der Waals surface area contributed by atoms with Gasteiger partial charge in [0.05, 0.1) is 0 Å². The maximum absolute atomic E-state index is 5.72. The third kappa shape index (κ3) is 3.60. The van der Waals surface area contributed by atoms with Crippen molar-refractivity contribution in [2.24, 2.45) is 0 Å². The largest absolute Gasteiger partial charge is 0.306 e. The fraction of sp³-hybridized carbons (Fsp3) is 0.818. The Kier molecular flexibility index (Phi) is 4.93. The van der Waals surface area contributed by atoms with Crippen molar-refractivity contribution < 1.29 is 0 Å². The lowest BCUT2D eigenvalue weighted by molar-refractivity contribution is 0.153. The van der Waals surface area contributed by atoms with Crippen molar-refractivity contribution >= 4 is 11.6 Å². The SMILES string of the molecule is C=C(CCl)CN1CCC(N(C)C)CC1. The maximum Gasteiger partial charge on any atom is 0.0443 e. The van der Waals surface area contributed by atoms with Crippen molar-refractivity contribution in [3.05, 3.63) is 12.2 Å². The molecule has 0 N–H and O–H groups in total. The van der Waals surface area contributed by atoms with Crippen LogP contribution >= 0.6 is 11.6 Å². The molecule has 0 unspecified atom stereocenters. The molecule has 0 atom stereocenters. The number of alkyl halides is 1. The van der Waals surface area contributed by atoms with Crippen LogP contribution in [0.4, 0.5) is 0 Å². The van der Waals surface area contributed by atoms with Gasteiger partial charge in [0.25, 0.3) is 0 Å². The van der Waals surface area contributed by atoms with E-state index in [0.717, 1.165) is 18.2 Å². The summed E-state index contributed by atoms with van der Waals surface area (Å²) in [6.07, 6.45) is 2.53. The van der Waals surface area contributed by atoms with E-state index in [1.807, 2.05) is 0 Å². The highest BCUT2D eigenvalue weighted by atomic mass is 35.5. The third-order valence-electron chi connectivity index (χ3n) is 2.92. The van der Waals surface area contributed by atoms with E-state index >= 15 is 0 Å². The van der Waals surface area contributed by atoms with Gasteiger partial charge in [-0.25, -0.2) is 0 Å². The Hall–Kier alpha value is -0.0500. The molecule has 0 bridgehead atoms. The molecule has 3 heteroatoms. The van der Waals surface area contributed by atoms with Gasteiger partial charge in [0.15, 0.2) is 0 Å². The predicted molar refractivity (Wildman–Crippen MR) is 63.0 cm³/mol. The van der Waals surface area contributed by atoms with Crippen LogP contribution in [0.15, 0.2) is 12.2 Å². The first-order chi connectivity index (χ1) is 6.63. The summed E-state index contributed by atoms with van der Waals surface area (Å²) in [5.74, 6) is 0.591. The summed E-state index contributed by atoms with van der Waals surface area (Å²) in [6.45, 7) is 7.27. The highest BCUT2D eigenvalue weighted by Crippen LogP contribution is 2.15. The van der Waals surface area contributed by atoms with Crippen molar-refractivity contribution in [3.63, 3.8) is 0 Å². The quantitative estimate of drug-likeness (QED) is 0.523. The summed E-state index contributed by atoms with van der Waals surface area (Å²) in [7, 11) is 4.33. The number of halogens is 1. The standard InChI is InChI=1S/C11H21ClN2/c1-10(8-12)9-14-6-4-11(5-7-14)13(2)3/h11H,1,4-9H2,2-3H3. The fourth-order valence-corrected chi connectivity index (χ4v) is 2.04. The van der Waals surface area contributed by atoms with Crippen LogP contribution < -0.4 is 0 Å². The van der Waals surface area contributed by atoms with E-state index in [0.29, 0.717) is 5.88 Å². The molecule has 2 nitrogen and oxygen atoms in total. The monoisotopic (exact) mass is 216 g/mol. The average molecular weight is 217 g/mol. The second-order valence-electron chi connectivity index (χ2n) is 4.35. The Labute approximate surface area is 92.5 Å². The van der Waals surface area contributed by atoms with E-state index in [2.05, 4.69) is 30.5 Å². The van der Waals surface area contributed by atoms with Crippen molar-refractivity contribution in [2.75, 3.05) is 39.6 Å². The Morgan fingerprint density at radius 3 is 2.43 bits per heavy atom. The lowest BCUT2D eigenvalue weighted by Gasteiger charge is -2.35. The molecular formula is C11H21ClN2. The number of hydrogen-bond donors (Lipinski definition) is 0. The van der Waals surface area contributed by atoms with E-state index in [1.165, 1.54) is 25.9 Å². The van der Waals surface area contributed by atoms with Crippen molar-refractivity contribution in [1.82, 2.24) is 9.80 Å². The molecule has 1 heterocycles. The van der Waals surface area contributed by atoms with Gasteiger partial charge >= 0.3 is 0 Å². The Bertz CT molecular complexity index is 184. The van der Waals surface area contributed by atoms with Crippen LogP contribution in [0.25, 0.3) is 0 Å². The van der Waals surface area contributed by atoms with E-state index in [4.69, 9.17) is 11.6 Å². The van der Waals surface area contributed by atoms with Gasteiger partial charge in [-0.3, -0.25) is 4.90 Å². The molecule has 0 saturated carbocycles. The minimum atomic E-state index is 0.591. The molecule has 14 heavy (non-hydrogen) atoms. The van der Waals surface area contributed by atoms with Crippen molar-refractivity contribution in [2.45, 2.75) is 18.9 Å². The molecule has 1 aliphatic heterocycles. The molecule has 1 fully saturated rings. The lowest BCUT2D eigenvalue weighted by atomic mass is 10.0. The van der Waals surface area contributed by atoms with Gasteiger partial charge in [-0.15, -0.1) is 11.6 Å². The first kappa shape index (κ1) is 12.0. The van der Waals surface area contributed by atoms with E-state index in [9.17, 15) is 0 Å². The molecule has 0 aromatic carbocycles. The van der Waals surface area contributed by atoms with E-state index in [-0.39, 0.29) is 0 Å². The average Bonchev–Trinajstić information content (AvgIpc) is 2.18. The topological polar surface area (TPSA) is 6.48 Å². The smallest absolute Gasteiger partial charge is 0.0443 e. The molecule has 0 amide bonds. The Morgan fingerprint density at radius 1 is 1.43 bits per heavy atom. The highest BCUT2D eigenvalue weighted by molar-refractivity contribution is 6.19. The van der Waals surface area contributed by atoms with Gasteiger partial charge in [-0.1, -0.05) is 6.58 Å². The van der Waals surface area contributed by atoms with Crippen LogP contribution in [0.2, 0.25) is 0 Å². The van der Waals surface area contributed by atoms with Crippen LogP contribution in [-0.2, 0) is 0 Å². The summed E-state index contributed by atoms with van der Waals surface area (Å²) in [6, 6.07) is 0.760. The first-order valence-electron chi connectivity index (χ1n) is 5.25. The Balaban J connectivity index is 2.25. The highest BCUT2D eigenvalue weighted by Gasteiger charge is 2.20. The number of piperidine rings is 1. The second kappa shape index (κ2) is 5.74. The molecule has 0 aromatic rings. The normalized spacial score (nSPS) is 20.3. The summed E-state index contributed by atoms with van der Waals surface area (Å²) in [4.78, 5) is 4.78. The maximum atomic E-state index is 5.72. The van der Waals surface area contributed by atoms with Gasteiger partial charge in [0.1, 0.15) is 0 Å². The van der Waals surface area contributed by atoms with Gasteiger partial charge in [-0.2, -0.15) is 0 Å². The number of rotatable bonds is 4. The molecule has 1 saturated heterocycles. The van der Waals surface area contributed by atoms with Crippen LogP contribution in [0.1, 0.15) is 12.8 Å². The van der Waals surface area contributed by atoms with Gasteiger partial charge in [-0.05, 0) is 45.6 Å². The second-order valence-corrected chi connectivity index (χ2v) is 4.62. The molecule has 0 aromatic heterocycles. The minimum absolute atomic E-state index is 0.591. The molecule has 1 aliphatic rings. The zero-order chi connectivity index (χ0) is 10.6. The molecule has 82 valence electrons. The zero-order valence-electron chi connectivity index (χ0n) is 9.30. The van der Waals surface area contributed by atoms with E-state index in [1.54, 1.807) is 0 Å². The molecule has 1 rings (SSSR count). The first-order valence-corrected chi connectivity index (χ1v) is 5.78. The van der Waals surface area contributed by atoms with Crippen LogP contribution in [0.3, 0.4) is 0 Å². The number of hydrogen-bond acceptors (Lipinski definition) is 2. The Morgan fingerprint density at radius 2 is 2.00 bits per heavy atom. The minimum Gasteiger partial charge on any atom is -0.306 e. The molecular weight excluding hydrogens is 196 g/mol. The predicted octanol–water partition coefficient (Wildman–Crippen LogP) is 1.81. The van der Waals surface area contributed by atoms with Crippen molar-refractivity contribution in [3.8, 4) is 0 Å². The van der Waals surface area contributed by atoms with Crippen LogP contribution in [-0.4, -0.2) is 55.5 Å². The molecule has 0 spiro atoms. The summed E-state index contributed by atoms with van der Waals surface area (Å²) >= 11 is 5.72. The number of nitrogens with zero attached hydrogens (tertiary/aromatic N) is 2. The molecule has 0 aliphatic carbocycles. The summed E-state index contributed by atoms with van der Waals surface area (Å²) in [5.41, 5.74) is 1.13. The zero-order valence-corrected chi connectivity index (χ0v) is 10.1. The van der Waals surface area contributed by atoms with Gasteiger partial charge in [0, 0.05) is 18.5 Å². The summed E-state index contributed by atoms with van der Waals surface area (Å²) in [5, 5.41) is 0. The lowest BCUT2D eigenvalue weighted by Crippen LogP contribution is -2.42. The van der Waals surface area contributed by atoms with Crippen LogP contribution in [0.5, 0.6) is 0 Å². The van der Waals surface area contributed by atoms with Crippen molar-refractivity contribution in [1.29, 1.82) is 0 Å². The van der Waals surface area contributed by atoms with Gasteiger partial charge in [0.2, 0.25) is 0 Å². The molecule has 0 radical (unpaired) electrons.